The van der Waals surface area contributed by atoms with Crippen molar-refractivity contribution in [3.05, 3.63) is 82.4 Å². The fourth-order valence-electron chi connectivity index (χ4n) is 2.71. The van der Waals surface area contributed by atoms with Gasteiger partial charge in [-0.2, -0.15) is 0 Å². The smallest absolute Gasteiger partial charge is 0.307 e. The lowest BCUT2D eigenvalue weighted by atomic mass is 9.98. The van der Waals surface area contributed by atoms with Gasteiger partial charge in [0.15, 0.2) is 4.90 Å². The van der Waals surface area contributed by atoms with Crippen LogP contribution >= 0.6 is 11.8 Å². The number of hydrogen-bond acceptors (Lipinski definition) is 10. The molecule has 2 aromatic rings. The van der Waals surface area contributed by atoms with Crippen LogP contribution in [0.5, 0.6) is 0 Å². The summed E-state index contributed by atoms with van der Waals surface area (Å²) in [6.07, 6.45) is -0.635. The van der Waals surface area contributed by atoms with E-state index in [0.717, 1.165) is 36.4 Å². The monoisotopic (exact) mass is 452 g/mol. The van der Waals surface area contributed by atoms with E-state index in [1.807, 2.05) is 0 Å². The summed E-state index contributed by atoms with van der Waals surface area (Å²) in [4.78, 5) is 52.7. The van der Waals surface area contributed by atoms with E-state index < -0.39 is 72.1 Å². The molecule has 0 aliphatic heterocycles. The lowest BCUT2D eigenvalue weighted by molar-refractivity contribution is -0.399. The average Bonchev–Trinajstić information content (AvgIpc) is 2.69. The molecule has 0 amide bonds. The van der Waals surface area contributed by atoms with Crippen molar-refractivity contribution in [3.8, 4) is 0 Å². The van der Waals surface area contributed by atoms with Crippen molar-refractivity contribution in [1.29, 1.82) is 0 Å². The van der Waals surface area contributed by atoms with Gasteiger partial charge in [0.05, 0.1) is 25.6 Å². The molecule has 162 valence electrons. The molecular weight excluding hydrogens is 440 g/mol. The first-order valence-electron chi connectivity index (χ1n) is 8.22. The SMILES string of the molecule is O=C(O)C(CSc1c([N+](=O)[O-])cccc1[N+](=O)[O-])Cc1c([N+](=O)[O-])cccc1[N+](=O)[O-]. The second kappa shape index (κ2) is 9.57. The van der Waals surface area contributed by atoms with E-state index in [9.17, 15) is 50.4 Å². The molecule has 2 rings (SSSR count). The highest BCUT2D eigenvalue weighted by Crippen LogP contribution is 2.39. The number of carbonyl (C=O) groups is 1. The molecule has 14 nitrogen and oxygen atoms in total. The molecule has 0 bridgehead atoms. The van der Waals surface area contributed by atoms with Crippen molar-refractivity contribution >= 4 is 40.5 Å². The Labute approximate surface area is 176 Å². The van der Waals surface area contributed by atoms with Gasteiger partial charge in [0.2, 0.25) is 0 Å². The van der Waals surface area contributed by atoms with E-state index in [4.69, 9.17) is 0 Å². The number of hydrogen-bond donors (Lipinski definition) is 1. The molecule has 0 heterocycles. The fourth-order valence-corrected chi connectivity index (χ4v) is 3.92. The van der Waals surface area contributed by atoms with Crippen molar-refractivity contribution in [2.24, 2.45) is 5.92 Å². The second-order valence-electron chi connectivity index (χ2n) is 5.98. The van der Waals surface area contributed by atoms with Gasteiger partial charge < -0.3 is 5.11 Å². The van der Waals surface area contributed by atoms with Gasteiger partial charge in [-0.3, -0.25) is 45.3 Å². The third-order valence-corrected chi connectivity index (χ3v) is 5.39. The third kappa shape index (κ3) is 5.27. The lowest BCUT2D eigenvalue weighted by Crippen LogP contribution is -2.20. The number of nitro benzene ring substituents is 4. The summed E-state index contributed by atoms with van der Waals surface area (Å²) in [7, 11) is 0. The fraction of sp³-hybridized carbons (Fsp3) is 0.188. The number of nitrogens with zero attached hydrogens (tertiary/aromatic N) is 4. The quantitative estimate of drug-likeness (QED) is 0.313. The van der Waals surface area contributed by atoms with Crippen LogP contribution < -0.4 is 0 Å². The molecule has 1 unspecified atom stereocenters. The normalized spacial score (nSPS) is 11.5. The molecule has 0 spiro atoms. The molecule has 0 aromatic heterocycles. The van der Waals surface area contributed by atoms with Crippen LogP contribution in [0.15, 0.2) is 41.3 Å². The Kier molecular flexibility index (Phi) is 7.15. The van der Waals surface area contributed by atoms with E-state index in [-0.39, 0.29) is 4.90 Å². The minimum Gasteiger partial charge on any atom is -0.481 e. The van der Waals surface area contributed by atoms with Gasteiger partial charge in [-0.1, -0.05) is 0 Å². The number of rotatable bonds is 10. The molecule has 0 aliphatic carbocycles. The maximum absolute atomic E-state index is 11.7. The van der Waals surface area contributed by atoms with Crippen molar-refractivity contribution in [1.82, 2.24) is 0 Å². The Balaban J connectivity index is 2.43. The van der Waals surface area contributed by atoms with Crippen LogP contribution in [0.2, 0.25) is 0 Å². The van der Waals surface area contributed by atoms with E-state index in [0.29, 0.717) is 11.8 Å². The molecule has 1 N–H and O–H groups in total. The van der Waals surface area contributed by atoms with Gasteiger partial charge in [0, 0.05) is 36.4 Å². The molecule has 15 heteroatoms. The summed E-state index contributed by atoms with van der Waals surface area (Å²) >= 11 is 0.511. The summed E-state index contributed by atoms with van der Waals surface area (Å²) in [5, 5.41) is 54.4. The Hall–Kier alpha value is -4.14. The van der Waals surface area contributed by atoms with Crippen LogP contribution in [0.3, 0.4) is 0 Å². The molecule has 2 aromatic carbocycles. The van der Waals surface area contributed by atoms with E-state index in [1.165, 1.54) is 0 Å². The Morgan fingerprint density at radius 2 is 1.19 bits per heavy atom. The van der Waals surface area contributed by atoms with Crippen molar-refractivity contribution in [2.75, 3.05) is 5.75 Å². The Bertz CT molecular complexity index is 1030. The van der Waals surface area contributed by atoms with E-state index >= 15 is 0 Å². The number of aliphatic carboxylic acids is 1. The summed E-state index contributed by atoms with van der Waals surface area (Å²) in [6, 6.07) is 6.19. The predicted octanol–water partition coefficient (Wildman–Crippen LogP) is 3.36. The molecule has 0 saturated heterocycles. The zero-order chi connectivity index (χ0) is 23.3. The number of carboxylic acids is 1. The zero-order valence-corrected chi connectivity index (χ0v) is 16.1. The van der Waals surface area contributed by atoms with Crippen LogP contribution in [0.25, 0.3) is 0 Å². The highest BCUT2D eigenvalue weighted by Gasteiger charge is 2.32. The summed E-state index contributed by atoms with van der Waals surface area (Å²) in [5.74, 6) is -3.42. The van der Waals surface area contributed by atoms with Gasteiger partial charge in [-0.15, -0.1) is 11.8 Å². The Morgan fingerprint density at radius 3 is 1.55 bits per heavy atom. The van der Waals surface area contributed by atoms with Crippen molar-refractivity contribution < 1.29 is 29.6 Å². The van der Waals surface area contributed by atoms with E-state index in [1.54, 1.807) is 0 Å². The Morgan fingerprint density at radius 1 is 0.806 bits per heavy atom. The van der Waals surface area contributed by atoms with Crippen LogP contribution in [-0.4, -0.2) is 36.5 Å². The van der Waals surface area contributed by atoms with E-state index in [2.05, 4.69) is 0 Å². The van der Waals surface area contributed by atoms with Crippen LogP contribution in [0.1, 0.15) is 5.56 Å². The molecular formula is C16H12N4O10S. The molecule has 1 atom stereocenters. The number of nitro groups is 4. The van der Waals surface area contributed by atoms with Crippen LogP contribution in [0.4, 0.5) is 22.7 Å². The minimum atomic E-state index is -1.49. The molecule has 31 heavy (non-hydrogen) atoms. The number of benzene rings is 2. The standard InChI is InChI=1S/C16H12N4O10S/c21-16(22)9(7-10-11(17(23)24)3-1-4-12(10)18(25)26)8-31-15-13(19(27)28)5-2-6-14(15)20(29)30/h1-6,9H,7-8H2,(H,21,22). The largest absolute Gasteiger partial charge is 0.481 e. The van der Waals surface area contributed by atoms with Crippen LogP contribution in [-0.2, 0) is 11.2 Å². The number of carboxylic acid groups (broad SMARTS) is 1. The second-order valence-corrected chi connectivity index (χ2v) is 7.01. The molecule has 0 aliphatic rings. The molecule has 0 saturated carbocycles. The maximum Gasteiger partial charge on any atom is 0.307 e. The highest BCUT2D eigenvalue weighted by molar-refractivity contribution is 7.99. The zero-order valence-electron chi connectivity index (χ0n) is 15.3. The van der Waals surface area contributed by atoms with Crippen molar-refractivity contribution in [2.45, 2.75) is 11.3 Å². The van der Waals surface area contributed by atoms with Gasteiger partial charge >= 0.3 is 5.97 Å². The topological polar surface area (TPSA) is 210 Å². The minimum absolute atomic E-state index is 0.388. The first-order valence-corrected chi connectivity index (χ1v) is 9.21. The maximum atomic E-state index is 11.7. The number of thioether (sulfide) groups is 1. The van der Waals surface area contributed by atoms with Crippen molar-refractivity contribution in [3.63, 3.8) is 0 Å². The third-order valence-electron chi connectivity index (χ3n) is 4.12. The average molecular weight is 452 g/mol. The summed E-state index contributed by atoms with van der Waals surface area (Å²) in [5.41, 5.74) is -2.95. The highest BCUT2D eigenvalue weighted by atomic mass is 32.2. The summed E-state index contributed by atoms with van der Waals surface area (Å²) in [6.45, 7) is 0. The molecule has 0 radical (unpaired) electrons. The van der Waals surface area contributed by atoms with Crippen LogP contribution in [0, 0.1) is 46.4 Å². The van der Waals surface area contributed by atoms with Gasteiger partial charge in [0.25, 0.3) is 22.7 Å². The summed E-state index contributed by atoms with van der Waals surface area (Å²) < 4.78 is 0. The first kappa shape index (κ1) is 23.1. The molecule has 0 fully saturated rings. The lowest BCUT2D eigenvalue weighted by Gasteiger charge is -2.13. The van der Waals surface area contributed by atoms with Gasteiger partial charge in [-0.05, 0) is 12.1 Å². The predicted molar refractivity (Wildman–Crippen MR) is 105 cm³/mol. The van der Waals surface area contributed by atoms with Gasteiger partial charge in [0.1, 0.15) is 5.56 Å². The van der Waals surface area contributed by atoms with Gasteiger partial charge in [-0.25, -0.2) is 0 Å². The first-order chi connectivity index (χ1) is 14.5.